The quantitative estimate of drug-likeness (QED) is 0.314. The summed E-state index contributed by atoms with van der Waals surface area (Å²) in [6, 6.07) is 4.06. The maximum atomic E-state index is 14.5. The van der Waals surface area contributed by atoms with Gasteiger partial charge in [-0.1, -0.05) is 11.6 Å². The number of ether oxygens (including phenoxy) is 2. The molecule has 0 bridgehead atoms. The van der Waals surface area contributed by atoms with Crippen molar-refractivity contribution in [3.63, 3.8) is 0 Å². The molecule has 0 unspecified atom stereocenters. The molecule has 184 valence electrons. The Kier molecular flexibility index (Phi) is 5.88. The van der Waals surface area contributed by atoms with E-state index < -0.39 is 29.5 Å². The highest BCUT2D eigenvalue weighted by Gasteiger charge is 2.42. The highest BCUT2D eigenvalue weighted by Crippen LogP contribution is 2.36. The summed E-state index contributed by atoms with van der Waals surface area (Å²) in [4.78, 5) is 26.6. The van der Waals surface area contributed by atoms with Crippen LogP contribution in [0.15, 0.2) is 24.3 Å². The standard InChI is InChI=1S/C22H18ClF4N5O3/c1-10(28-14-2-3-16(23)30-18(14)19(33)22(25,26)27)13-6-11(24)7-15-17(13)31-20-21(29-15)35-9-12-8-34-5-4-32(12)20/h2-3,6-7,10,12,28H,4-5,8-9H2,1H3/t10-,12+/m1/s1. The third-order valence-electron chi connectivity index (χ3n) is 5.80. The van der Waals surface area contributed by atoms with Crippen LogP contribution in [0.5, 0.6) is 5.88 Å². The maximum Gasteiger partial charge on any atom is 0.456 e. The van der Waals surface area contributed by atoms with Gasteiger partial charge < -0.3 is 19.7 Å². The lowest BCUT2D eigenvalue weighted by Crippen LogP contribution is -2.51. The number of benzene rings is 1. The summed E-state index contributed by atoms with van der Waals surface area (Å²) in [7, 11) is 0. The Hall–Kier alpha value is -3.25. The summed E-state index contributed by atoms with van der Waals surface area (Å²) in [6.07, 6.45) is -5.15. The van der Waals surface area contributed by atoms with Crippen LogP contribution in [0.25, 0.3) is 11.0 Å². The second-order valence-corrected chi connectivity index (χ2v) is 8.56. The van der Waals surface area contributed by atoms with Crippen molar-refractivity contribution in [2.75, 3.05) is 36.6 Å². The van der Waals surface area contributed by atoms with E-state index in [1.807, 2.05) is 4.90 Å². The summed E-state index contributed by atoms with van der Waals surface area (Å²) in [5, 5.41) is 2.55. The molecule has 35 heavy (non-hydrogen) atoms. The van der Waals surface area contributed by atoms with Crippen molar-refractivity contribution in [2.24, 2.45) is 0 Å². The average Bonchev–Trinajstić information content (AvgIpc) is 2.82. The molecule has 0 aliphatic carbocycles. The fourth-order valence-electron chi connectivity index (χ4n) is 4.16. The van der Waals surface area contributed by atoms with Crippen LogP contribution in [0.3, 0.4) is 0 Å². The number of nitrogens with zero attached hydrogens (tertiary/aromatic N) is 4. The Labute approximate surface area is 201 Å². The Bertz CT molecular complexity index is 1320. The van der Waals surface area contributed by atoms with E-state index in [-0.39, 0.29) is 28.3 Å². The Morgan fingerprint density at radius 2 is 2.03 bits per heavy atom. The van der Waals surface area contributed by atoms with Crippen molar-refractivity contribution in [1.29, 1.82) is 0 Å². The number of halogens is 5. The monoisotopic (exact) mass is 511 g/mol. The SMILES string of the molecule is C[C@@H](Nc1ccc(Cl)nc1C(=O)C(F)(F)F)c1cc(F)cc2nc3c(nc12)N1CCOC[C@H]1CO3. The molecule has 1 saturated heterocycles. The Morgan fingerprint density at radius 3 is 2.80 bits per heavy atom. The number of carbonyl (C=O) groups is 1. The van der Waals surface area contributed by atoms with Crippen LogP contribution in [0, 0.1) is 5.82 Å². The Morgan fingerprint density at radius 1 is 1.23 bits per heavy atom. The molecule has 2 atom stereocenters. The molecule has 0 saturated carbocycles. The number of morpholine rings is 1. The molecule has 0 amide bonds. The topological polar surface area (TPSA) is 89.5 Å². The van der Waals surface area contributed by atoms with Crippen LogP contribution in [-0.4, -0.2) is 59.3 Å². The molecule has 2 aliphatic rings. The number of Topliss-reactive ketones (excluding diaryl/α,β-unsaturated/α-hetero) is 1. The van der Waals surface area contributed by atoms with Crippen molar-refractivity contribution in [2.45, 2.75) is 25.2 Å². The van der Waals surface area contributed by atoms with Gasteiger partial charge >= 0.3 is 6.18 Å². The van der Waals surface area contributed by atoms with Crippen LogP contribution in [0.4, 0.5) is 29.1 Å². The molecule has 8 nitrogen and oxygen atoms in total. The lowest BCUT2D eigenvalue weighted by molar-refractivity contribution is -0.0887. The number of pyridine rings is 1. The lowest BCUT2D eigenvalue weighted by atomic mass is 10.0. The molecule has 5 rings (SSSR count). The van der Waals surface area contributed by atoms with Gasteiger partial charge in [0, 0.05) is 18.2 Å². The molecular formula is C22H18ClF4N5O3. The van der Waals surface area contributed by atoms with Crippen molar-refractivity contribution >= 4 is 39.9 Å². The number of ketones is 1. The summed E-state index contributed by atoms with van der Waals surface area (Å²) in [5.74, 6) is -2.01. The van der Waals surface area contributed by atoms with E-state index in [9.17, 15) is 22.4 Å². The first-order chi connectivity index (χ1) is 16.6. The number of nitrogens with one attached hydrogen (secondary N) is 1. The maximum absolute atomic E-state index is 14.5. The van der Waals surface area contributed by atoms with Gasteiger partial charge in [0.25, 0.3) is 11.7 Å². The highest BCUT2D eigenvalue weighted by atomic mass is 35.5. The first-order valence-corrected chi connectivity index (χ1v) is 11.0. The third kappa shape index (κ3) is 4.43. The van der Waals surface area contributed by atoms with Gasteiger partial charge in [-0.25, -0.2) is 19.3 Å². The number of hydrogen-bond donors (Lipinski definition) is 1. The van der Waals surface area contributed by atoms with Crippen molar-refractivity contribution in [1.82, 2.24) is 15.0 Å². The molecule has 1 fully saturated rings. The molecule has 0 radical (unpaired) electrons. The second-order valence-electron chi connectivity index (χ2n) is 8.17. The first kappa shape index (κ1) is 23.5. The molecule has 2 aliphatic heterocycles. The van der Waals surface area contributed by atoms with Crippen LogP contribution in [0.2, 0.25) is 5.15 Å². The van der Waals surface area contributed by atoms with Crippen LogP contribution in [-0.2, 0) is 4.74 Å². The average molecular weight is 512 g/mol. The minimum atomic E-state index is -5.15. The largest absolute Gasteiger partial charge is 0.473 e. The van der Waals surface area contributed by atoms with Gasteiger partial charge in [-0.3, -0.25) is 4.79 Å². The highest BCUT2D eigenvalue weighted by molar-refractivity contribution is 6.29. The number of anilines is 2. The van der Waals surface area contributed by atoms with Crippen LogP contribution >= 0.6 is 11.6 Å². The first-order valence-electron chi connectivity index (χ1n) is 10.6. The second kappa shape index (κ2) is 8.76. The number of carbonyl (C=O) groups excluding carboxylic acids is 1. The minimum Gasteiger partial charge on any atom is -0.473 e. The molecule has 2 aromatic heterocycles. The van der Waals surface area contributed by atoms with Gasteiger partial charge in [0.2, 0.25) is 0 Å². The van der Waals surface area contributed by atoms with E-state index >= 15 is 0 Å². The number of alkyl halides is 3. The van der Waals surface area contributed by atoms with Gasteiger partial charge in [-0.2, -0.15) is 13.2 Å². The fraction of sp³-hybridized carbons (Fsp3) is 0.364. The predicted molar refractivity (Wildman–Crippen MR) is 119 cm³/mol. The van der Waals surface area contributed by atoms with Gasteiger partial charge in [-0.05, 0) is 25.1 Å². The molecule has 13 heteroatoms. The molecule has 1 N–H and O–H groups in total. The summed E-state index contributed by atoms with van der Waals surface area (Å²) < 4.78 is 65.1. The van der Waals surface area contributed by atoms with E-state index in [2.05, 4.69) is 15.3 Å². The number of aromatic nitrogens is 3. The molecule has 3 aromatic rings. The summed E-state index contributed by atoms with van der Waals surface area (Å²) >= 11 is 5.74. The van der Waals surface area contributed by atoms with Gasteiger partial charge in [0.15, 0.2) is 5.82 Å². The smallest absolute Gasteiger partial charge is 0.456 e. The van der Waals surface area contributed by atoms with E-state index in [4.69, 9.17) is 26.1 Å². The van der Waals surface area contributed by atoms with Crippen molar-refractivity contribution in [3.8, 4) is 5.88 Å². The molecular weight excluding hydrogens is 494 g/mol. The molecule has 1 aromatic carbocycles. The van der Waals surface area contributed by atoms with Crippen molar-refractivity contribution < 1.29 is 31.8 Å². The number of fused-ring (bicyclic) bond motifs is 4. The van der Waals surface area contributed by atoms with Crippen LogP contribution < -0.4 is 15.0 Å². The fourth-order valence-corrected chi connectivity index (χ4v) is 4.30. The minimum absolute atomic E-state index is 0.0430. The zero-order chi connectivity index (χ0) is 24.9. The zero-order valence-corrected chi connectivity index (χ0v) is 19.0. The van der Waals surface area contributed by atoms with Gasteiger partial charge in [-0.15, -0.1) is 0 Å². The summed E-state index contributed by atoms with van der Waals surface area (Å²) in [6.45, 7) is 3.49. The van der Waals surface area contributed by atoms with Gasteiger partial charge in [0.1, 0.15) is 23.3 Å². The number of rotatable bonds is 4. The lowest BCUT2D eigenvalue weighted by Gasteiger charge is -2.39. The van der Waals surface area contributed by atoms with Crippen LogP contribution in [0.1, 0.15) is 29.0 Å². The zero-order valence-electron chi connectivity index (χ0n) is 18.2. The number of hydrogen-bond acceptors (Lipinski definition) is 8. The normalized spacial score (nSPS) is 18.5. The van der Waals surface area contributed by atoms with Crippen molar-refractivity contribution in [3.05, 3.63) is 46.5 Å². The van der Waals surface area contributed by atoms with Gasteiger partial charge in [0.05, 0.1) is 42.0 Å². The Balaban J connectivity index is 1.56. The molecule has 4 heterocycles. The van der Waals surface area contributed by atoms with E-state index in [0.29, 0.717) is 43.3 Å². The van der Waals surface area contributed by atoms with E-state index in [0.717, 1.165) is 0 Å². The van der Waals surface area contributed by atoms with E-state index in [1.54, 1.807) is 6.92 Å². The summed E-state index contributed by atoms with van der Waals surface area (Å²) in [5.41, 5.74) is -0.202. The van der Waals surface area contributed by atoms with E-state index in [1.165, 1.54) is 24.3 Å². The molecule has 0 spiro atoms. The third-order valence-corrected chi connectivity index (χ3v) is 6.01. The predicted octanol–water partition coefficient (Wildman–Crippen LogP) is 4.33.